The number of para-hydroxylation sites is 1. The molecule has 0 atom stereocenters. The number of anilines is 4. The smallest absolute Gasteiger partial charge is 0.296 e. The van der Waals surface area contributed by atoms with E-state index in [1.165, 1.54) is 12.1 Å². The Morgan fingerprint density at radius 1 is 0.729 bits per heavy atom. The number of carbonyl (C=O) groups excluding carboxylic acids is 1. The minimum Gasteiger partial charge on any atom is -0.507 e. The summed E-state index contributed by atoms with van der Waals surface area (Å²) in [5.41, 5.74) is 8.13. The number of aldehydes is 1. The number of carbonyl (C=O) groups is 1. The molecule has 6 aromatic carbocycles. The van der Waals surface area contributed by atoms with Crippen LogP contribution in [0.25, 0.3) is 21.9 Å². The lowest BCUT2D eigenvalue weighted by molar-refractivity contribution is 0.112. The van der Waals surface area contributed by atoms with E-state index in [0.29, 0.717) is 34.1 Å². The van der Waals surface area contributed by atoms with Gasteiger partial charge in [0.05, 0.1) is 22.6 Å². The lowest BCUT2D eigenvalue weighted by Gasteiger charge is -2.22. The summed E-state index contributed by atoms with van der Waals surface area (Å²) in [6, 6.07) is 35.1. The Morgan fingerprint density at radius 3 is 2.06 bits per heavy atom. The van der Waals surface area contributed by atoms with Gasteiger partial charge in [0.2, 0.25) is 0 Å². The van der Waals surface area contributed by atoms with E-state index >= 15 is 0 Å². The Morgan fingerprint density at radius 2 is 1.40 bits per heavy atom. The third-order valence-electron chi connectivity index (χ3n) is 7.57. The summed E-state index contributed by atoms with van der Waals surface area (Å²) in [7, 11) is -2.92. The van der Waals surface area contributed by atoms with Crippen molar-refractivity contribution >= 4 is 61.3 Å². The van der Waals surface area contributed by atoms with Crippen LogP contribution in [0.1, 0.15) is 10.4 Å². The molecule has 0 spiro atoms. The number of hydrogen-bond acceptors (Lipinski definition) is 10. The number of rotatable bonds is 10. The summed E-state index contributed by atoms with van der Waals surface area (Å²) < 4.78 is 34.5. The van der Waals surface area contributed by atoms with Gasteiger partial charge in [0, 0.05) is 23.8 Å². The molecule has 0 fully saturated rings. The molecule has 5 N–H and O–H groups in total. The molecule has 0 saturated heterocycles. The zero-order chi connectivity index (χ0) is 33.8. The topological polar surface area (TPSA) is 164 Å². The summed E-state index contributed by atoms with van der Waals surface area (Å²) in [6.07, 6.45) is 0.590. The molecule has 0 unspecified atom stereocenters. The van der Waals surface area contributed by atoms with Crippen LogP contribution in [0, 0.1) is 0 Å². The molecule has 11 nitrogen and oxygen atoms in total. The number of hydrogen-bond donors (Lipinski definition) is 5. The summed E-state index contributed by atoms with van der Waals surface area (Å²) in [5, 5.41) is 34.8. The largest absolute Gasteiger partial charge is 0.507 e. The van der Waals surface area contributed by atoms with Crippen molar-refractivity contribution in [1.82, 2.24) is 0 Å². The highest BCUT2D eigenvalue weighted by atomic mass is 32.2. The van der Waals surface area contributed by atoms with Crippen LogP contribution in [0.15, 0.2) is 136 Å². The van der Waals surface area contributed by atoms with Gasteiger partial charge in [-0.05, 0) is 89.3 Å². The van der Waals surface area contributed by atoms with E-state index in [1.54, 1.807) is 47.5 Å². The van der Waals surface area contributed by atoms with Gasteiger partial charge >= 0.3 is 0 Å². The highest BCUT2D eigenvalue weighted by Crippen LogP contribution is 2.42. The van der Waals surface area contributed by atoms with Crippen LogP contribution in [0.2, 0.25) is 0 Å². The van der Waals surface area contributed by atoms with E-state index in [2.05, 4.69) is 21.0 Å². The van der Waals surface area contributed by atoms with Gasteiger partial charge in [-0.3, -0.25) is 19.8 Å². The van der Waals surface area contributed by atoms with E-state index in [0.717, 1.165) is 22.5 Å². The Kier molecular flexibility index (Phi) is 8.75. The molecule has 12 heteroatoms. The van der Waals surface area contributed by atoms with Gasteiger partial charge in [-0.25, -0.2) is 0 Å². The molecule has 0 aliphatic carbocycles. The maximum atomic E-state index is 12.3. The van der Waals surface area contributed by atoms with E-state index in [4.69, 9.17) is 0 Å². The first-order valence-corrected chi connectivity index (χ1v) is 16.0. The molecular formula is C36H29N5O6S. The maximum absolute atomic E-state index is 12.3. The molecule has 6 rings (SSSR count). The number of phenols is 2. The van der Waals surface area contributed by atoms with Gasteiger partial charge in [-0.1, -0.05) is 48.5 Å². The third kappa shape index (κ3) is 6.94. The summed E-state index contributed by atoms with van der Waals surface area (Å²) >= 11 is 0. The Labute approximate surface area is 276 Å². The fraction of sp³-hybridized carbons (Fsp3) is 0.0278. The number of azo groups is 1. The van der Waals surface area contributed by atoms with Gasteiger partial charge < -0.3 is 15.5 Å². The van der Waals surface area contributed by atoms with Crippen LogP contribution in [0.4, 0.5) is 34.1 Å². The van der Waals surface area contributed by atoms with Gasteiger partial charge in [-0.2, -0.15) is 13.5 Å². The van der Waals surface area contributed by atoms with Crippen molar-refractivity contribution in [3.8, 4) is 22.6 Å². The summed E-state index contributed by atoms with van der Waals surface area (Å²) in [4.78, 5) is 10.6. The molecule has 0 heterocycles. The van der Waals surface area contributed by atoms with Crippen molar-refractivity contribution in [2.45, 2.75) is 4.90 Å². The van der Waals surface area contributed by atoms with Crippen molar-refractivity contribution in [2.24, 2.45) is 10.2 Å². The first kappa shape index (κ1) is 31.7. The highest BCUT2D eigenvalue weighted by molar-refractivity contribution is 7.86. The first-order chi connectivity index (χ1) is 23.1. The quantitative estimate of drug-likeness (QED) is 0.0318. The molecular weight excluding hydrogens is 630 g/mol. The molecule has 48 heavy (non-hydrogen) atoms. The van der Waals surface area contributed by atoms with Crippen LogP contribution >= 0.6 is 0 Å². The Bertz CT molecular complexity index is 2260. The van der Waals surface area contributed by atoms with Crippen molar-refractivity contribution in [3.63, 3.8) is 0 Å². The molecule has 0 aliphatic heterocycles. The maximum Gasteiger partial charge on any atom is 0.296 e. The predicted molar refractivity (Wildman–Crippen MR) is 187 cm³/mol. The van der Waals surface area contributed by atoms with Crippen LogP contribution in [0.5, 0.6) is 11.5 Å². The number of phenolic OH excluding ortho intramolecular Hbond substituents is 2. The van der Waals surface area contributed by atoms with Gasteiger partial charge in [0.15, 0.2) is 12.0 Å². The van der Waals surface area contributed by atoms with Crippen LogP contribution in [-0.4, -0.2) is 36.5 Å². The van der Waals surface area contributed by atoms with Crippen molar-refractivity contribution in [2.75, 3.05) is 22.8 Å². The molecule has 0 saturated carbocycles. The van der Waals surface area contributed by atoms with Crippen LogP contribution in [0.3, 0.4) is 0 Å². The van der Waals surface area contributed by atoms with Crippen molar-refractivity contribution < 1.29 is 28.0 Å². The average Bonchev–Trinajstić information content (AvgIpc) is 3.09. The zero-order valence-electron chi connectivity index (χ0n) is 25.4. The highest BCUT2D eigenvalue weighted by Gasteiger charge is 2.22. The van der Waals surface area contributed by atoms with Gasteiger partial charge in [-0.15, -0.1) is 5.11 Å². The summed E-state index contributed by atoms with van der Waals surface area (Å²) in [6.45, 7) is 0. The number of hydrazine groups is 1. The van der Waals surface area contributed by atoms with Crippen LogP contribution in [-0.2, 0) is 10.1 Å². The third-order valence-corrected chi connectivity index (χ3v) is 8.43. The lowest BCUT2D eigenvalue weighted by atomic mass is 10.1. The van der Waals surface area contributed by atoms with E-state index in [-0.39, 0.29) is 17.0 Å². The number of nitrogens with one attached hydrogen (secondary N) is 2. The monoisotopic (exact) mass is 659 g/mol. The van der Waals surface area contributed by atoms with Gasteiger partial charge in [0.1, 0.15) is 16.3 Å². The molecule has 0 bridgehead atoms. The molecule has 240 valence electrons. The number of fused-ring (bicyclic) bond motifs is 1. The minimum atomic E-state index is -4.75. The standard InChI is InChI=1S/C36H29N5O6S/c1-41(40-30-15-18-33(43)26(19-30)22-42)31-16-10-24(11-17-31)23-7-12-28(13-8-23)38-39-35-34(48(45,46)47)20-25-9-14-29(21-32(25)36(35)44)37-27-5-3-2-4-6-27/h2-22,37,40,43-44H,1H3,(H,45,46,47). The van der Waals surface area contributed by atoms with E-state index < -0.39 is 20.8 Å². The predicted octanol–water partition coefficient (Wildman–Crippen LogP) is 8.60. The number of benzene rings is 6. The number of aromatic hydroxyl groups is 2. The molecule has 0 aromatic heterocycles. The fourth-order valence-electron chi connectivity index (χ4n) is 5.08. The lowest BCUT2D eigenvalue weighted by Crippen LogP contribution is -2.24. The molecule has 0 radical (unpaired) electrons. The zero-order valence-corrected chi connectivity index (χ0v) is 26.3. The second-order valence-electron chi connectivity index (χ2n) is 10.8. The fourth-order valence-corrected chi connectivity index (χ4v) is 5.74. The average molecular weight is 660 g/mol. The molecule has 0 amide bonds. The normalized spacial score (nSPS) is 11.5. The minimum absolute atomic E-state index is 0.0873. The van der Waals surface area contributed by atoms with Crippen molar-refractivity contribution in [1.29, 1.82) is 0 Å². The van der Waals surface area contributed by atoms with Crippen LogP contribution < -0.4 is 15.8 Å². The second-order valence-corrected chi connectivity index (χ2v) is 12.2. The van der Waals surface area contributed by atoms with Gasteiger partial charge in [0.25, 0.3) is 10.1 Å². The molecule has 0 aliphatic rings. The Hall–Kier alpha value is -6.24. The summed E-state index contributed by atoms with van der Waals surface area (Å²) in [5.74, 6) is -0.526. The second kappa shape index (κ2) is 13.2. The van der Waals surface area contributed by atoms with E-state index in [9.17, 15) is 28.0 Å². The SMILES string of the molecule is CN(Nc1ccc(O)c(C=O)c1)c1ccc(-c2ccc(N=Nc3c(S(=O)(=O)O)cc4ccc(Nc5ccccc5)cc4c3O)cc2)cc1. The Balaban J connectivity index is 1.21. The number of nitrogens with zero attached hydrogens (tertiary/aromatic N) is 3. The molecule has 6 aromatic rings. The van der Waals surface area contributed by atoms with E-state index in [1.807, 2.05) is 73.8 Å². The first-order valence-electron chi connectivity index (χ1n) is 14.6. The van der Waals surface area contributed by atoms with Crippen molar-refractivity contribution in [3.05, 3.63) is 127 Å².